The molecular formula is C11H9F7N2O3. The van der Waals surface area contributed by atoms with Gasteiger partial charge in [0, 0.05) is 13.2 Å². The van der Waals surface area contributed by atoms with Gasteiger partial charge in [-0.2, -0.15) is 30.7 Å². The molecule has 12 heteroatoms. The number of esters is 1. The maximum Gasteiger partial charge on any atom is 0.460 e. The van der Waals surface area contributed by atoms with Gasteiger partial charge in [0.1, 0.15) is 0 Å². The average molecular weight is 350 g/mol. The summed E-state index contributed by atoms with van der Waals surface area (Å²) in [6.07, 6.45) is -6.36. The highest BCUT2D eigenvalue weighted by molar-refractivity contribution is 5.99. The first-order valence-electron chi connectivity index (χ1n) is 5.72. The highest BCUT2D eigenvalue weighted by atomic mass is 19.4. The monoisotopic (exact) mass is 350 g/mol. The summed E-state index contributed by atoms with van der Waals surface area (Å²) in [5.74, 6) is -17.7. The lowest BCUT2D eigenvalue weighted by molar-refractivity contribution is -0.339. The van der Waals surface area contributed by atoms with E-state index >= 15 is 0 Å². The molecule has 0 N–H and O–H groups in total. The summed E-state index contributed by atoms with van der Waals surface area (Å²) >= 11 is 0. The van der Waals surface area contributed by atoms with E-state index in [2.05, 4.69) is 9.72 Å². The highest BCUT2D eigenvalue weighted by Gasteiger charge is 2.76. The van der Waals surface area contributed by atoms with Gasteiger partial charge >= 0.3 is 24.0 Å². The van der Waals surface area contributed by atoms with E-state index in [1.165, 1.54) is 0 Å². The Labute approximate surface area is 124 Å². The molecule has 0 aliphatic heterocycles. The highest BCUT2D eigenvalue weighted by Crippen LogP contribution is 2.47. The number of ketones is 1. The quantitative estimate of drug-likeness (QED) is 0.464. The van der Waals surface area contributed by atoms with Crippen LogP contribution in [0.25, 0.3) is 0 Å². The molecule has 130 valence electrons. The van der Waals surface area contributed by atoms with Crippen LogP contribution in [0.15, 0.2) is 6.20 Å². The van der Waals surface area contributed by atoms with Crippen molar-refractivity contribution in [2.45, 2.75) is 24.4 Å². The van der Waals surface area contributed by atoms with Gasteiger partial charge in [-0.15, -0.1) is 0 Å². The molecule has 1 rings (SSSR count). The first-order chi connectivity index (χ1) is 10.3. The van der Waals surface area contributed by atoms with Gasteiger partial charge in [0.05, 0.1) is 19.2 Å². The fourth-order valence-electron chi connectivity index (χ4n) is 1.51. The Balaban J connectivity index is 3.21. The number of methoxy groups -OCH3 is 1. The van der Waals surface area contributed by atoms with E-state index in [0.29, 0.717) is 4.57 Å². The summed E-state index contributed by atoms with van der Waals surface area (Å²) in [5.41, 5.74) is -0.311. The van der Waals surface area contributed by atoms with Gasteiger partial charge in [-0.1, -0.05) is 0 Å². The van der Waals surface area contributed by atoms with Gasteiger partial charge in [-0.3, -0.25) is 9.59 Å². The number of hydrogen-bond donors (Lipinski definition) is 0. The van der Waals surface area contributed by atoms with Crippen molar-refractivity contribution in [1.29, 1.82) is 0 Å². The van der Waals surface area contributed by atoms with E-state index in [1.54, 1.807) is 0 Å². The van der Waals surface area contributed by atoms with Gasteiger partial charge in [0.25, 0.3) is 5.78 Å². The van der Waals surface area contributed by atoms with Gasteiger partial charge in [-0.25, -0.2) is 4.98 Å². The zero-order chi connectivity index (χ0) is 18.2. The third-order valence-corrected chi connectivity index (χ3v) is 2.72. The zero-order valence-electron chi connectivity index (χ0n) is 11.5. The Hall–Kier alpha value is -2.14. The van der Waals surface area contributed by atoms with Crippen molar-refractivity contribution in [1.82, 2.24) is 9.55 Å². The van der Waals surface area contributed by atoms with Gasteiger partial charge in [0.15, 0.2) is 5.82 Å². The molecule has 0 aliphatic carbocycles. The molecule has 5 nitrogen and oxygen atoms in total. The number of nitrogens with zero attached hydrogens (tertiary/aromatic N) is 2. The molecule has 0 atom stereocenters. The van der Waals surface area contributed by atoms with Crippen LogP contribution in [0.2, 0.25) is 0 Å². The number of Topliss-reactive ketones (excluding diaryl/α,β-unsaturated/α-hetero) is 1. The maximum absolute atomic E-state index is 13.3. The first-order valence-corrected chi connectivity index (χ1v) is 5.72. The predicted molar refractivity (Wildman–Crippen MR) is 59.2 cm³/mol. The maximum atomic E-state index is 13.3. The topological polar surface area (TPSA) is 61.2 Å². The molecule has 0 bridgehead atoms. The Morgan fingerprint density at radius 1 is 1.17 bits per heavy atom. The Kier molecular flexibility index (Phi) is 4.78. The molecule has 23 heavy (non-hydrogen) atoms. The van der Waals surface area contributed by atoms with Crippen molar-refractivity contribution in [3.63, 3.8) is 0 Å². The summed E-state index contributed by atoms with van der Waals surface area (Å²) < 4.78 is 93.3. The number of carbonyl (C=O) groups excluding carboxylic acids is 2. The molecule has 0 radical (unpaired) electrons. The number of aryl methyl sites for hydroxylation is 1. The molecular weight excluding hydrogens is 341 g/mol. The van der Waals surface area contributed by atoms with Crippen LogP contribution in [0.4, 0.5) is 30.7 Å². The van der Waals surface area contributed by atoms with E-state index in [1.807, 2.05) is 0 Å². The second-order valence-electron chi connectivity index (χ2n) is 4.40. The summed E-state index contributed by atoms with van der Waals surface area (Å²) in [6, 6.07) is 0. The van der Waals surface area contributed by atoms with Crippen LogP contribution in [0, 0.1) is 0 Å². The minimum atomic E-state index is -6.63. The van der Waals surface area contributed by atoms with Crippen LogP contribution in [-0.4, -0.2) is 46.4 Å². The first kappa shape index (κ1) is 18.9. The van der Waals surface area contributed by atoms with Gasteiger partial charge in [-0.05, 0) is 0 Å². The van der Waals surface area contributed by atoms with Crippen LogP contribution in [-0.2, 0) is 23.0 Å². The van der Waals surface area contributed by atoms with Crippen LogP contribution in [0.1, 0.15) is 16.3 Å². The minimum Gasteiger partial charge on any atom is -0.469 e. The Bertz CT molecular complexity index is 622. The zero-order valence-corrected chi connectivity index (χ0v) is 11.5. The summed E-state index contributed by atoms with van der Waals surface area (Å²) in [5, 5.41) is 0. The van der Waals surface area contributed by atoms with E-state index in [-0.39, 0.29) is 5.69 Å². The summed E-state index contributed by atoms with van der Waals surface area (Å²) in [6.45, 7) is 0. The van der Waals surface area contributed by atoms with E-state index < -0.39 is 42.0 Å². The standard InChI is InChI=1S/C11H9F7N2O3/c1-20-4-5(3-6(21)23-2)19-8(20)7(22)9(12,13)10(14,15)11(16,17)18/h4H,3H2,1-2H3. The van der Waals surface area contributed by atoms with Crippen LogP contribution in [0.3, 0.4) is 0 Å². The molecule has 0 amide bonds. The number of carbonyl (C=O) groups is 2. The fraction of sp³-hybridized carbons (Fsp3) is 0.545. The fourth-order valence-corrected chi connectivity index (χ4v) is 1.51. The van der Waals surface area contributed by atoms with Crippen LogP contribution < -0.4 is 0 Å². The molecule has 0 aromatic carbocycles. The number of aromatic nitrogens is 2. The molecule has 0 saturated heterocycles. The number of imidazole rings is 1. The Morgan fingerprint density at radius 3 is 2.13 bits per heavy atom. The second kappa shape index (κ2) is 5.81. The van der Waals surface area contributed by atoms with Gasteiger partial charge in [0.2, 0.25) is 0 Å². The van der Waals surface area contributed by atoms with Crippen LogP contribution >= 0.6 is 0 Å². The lowest BCUT2D eigenvalue weighted by Crippen LogP contribution is -2.56. The summed E-state index contributed by atoms with van der Waals surface area (Å²) in [4.78, 5) is 25.6. The number of alkyl halides is 7. The molecule has 0 aliphatic rings. The lowest BCUT2D eigenvalue weighted by atomic mass is 10.1. The average Bonchev–Trinajstić information content (AvgIpc) is 2.76. The minimum absolute atomic E-state index is 0.311. The van der Waals surface area contributed by atoms with Crippen molar-refractivity contribution >= 4 is 11.8 Å². The Morgan fingerprint density at radius 2 is 1.70 bits per heavy atom. The number of hydrogen-bond acceptors (Lipinski definition) is 4. The molecule has 0 spiro atoms. The largest absolute Gasteiger partial charge is 0.469 e. The SMILES string of the molecule is COC(=O)Cc1cn(C)c(C(=O)C(F)(F)C(F)(F)C(F)(F)F)n1. The third-order valence-electron chi connectivity index (χ3n) is 2.72. The second-order valence-corrected chi connectivity index (χ2v) is 4.40. The molecule has 0 saturated carbocycles. The van der Waals surface area contributed by atoms with Crippen molar-refractivity contribution in [3.8, 4) is 0 Å². The molecule has 1 aromatic heterocycles. The lowest BCUT2D eigenvalue weighted by Gasteiger charge is -2.26. The normalized spacial score (nSPS) is 13.1. The number of ether oxygens (including phenoxy) is 1. The predicted octanol–water partition coefficient (Wildman–Crippen LogP) is 2.15. The molecule has 0 unspecified atom stereocenters. The molecule has 1 heterocycles. The number of rotatable bonds is 5. The number of halogens is 7. The van der Waals surface area contributed by atoms with Gasteiger partial charge < -0.3 is 9.30 Å². The van der Waals surface area contributed by atoms with E-state index in [0.717, 1.165) is 20.4 Å². The summed E-state index contributed by atoms with van der Waals surface area (Å²) in [7, 11) is 1.91. The van der Waals surface area contributed by atoms with Crippen molar-refractivity contribution in [2.75, 3.05) is 7.11 Å². The smallest absolute Gasteiger partial charge is 0.460 e. The van der Waals surface area contributed by atoms with E-state index in [9.17, 15) is 40.3 Å². The third kappa shape index (κ3) is 3.29. The van der Waals surface area contributed by atoms with Crippen LogP contribution in [0.5, 0.6) is 0 Å². The molecule has 0 fully saturated rings. The van der Waals surface area contributed by atoms with Crippen molar-refractivity contribution in [2.24, 2.45) is 7.05 Å². The van der Waals surface area contributed by atoms with E-state index in [4.69, 9.17) is 0 Å². The van der Waals surface area contributed by atoms with Crippen molar-refractivity contribution < 1.29 is 45.1 Å². The molecule has 1 aromatic rings. The van der Waals surface area contributed by atoms with Crippen molar-refractivity contribution in [3.05, 3.63) is 17.7 Å².